The lowest BCUT2D eigenvalue weighted by Crippen LogP contribution is -2.42. The Labute approximate surface area is 177 Å². The number of hydrogen-bond acceptors (Lipinski definition) is 7. The lowest BCUT2D eigenvalue weighted by atomic mass is 10.0. The molecule has 0 bridgehead atoms. The topological polar surface area (TPSA) is 140 Å². The summed E-state index contributed by atoms with van der Waals surface area (Å²) in [7, 11) is 0. The molecular formula is C21H22N4O6. The molecule has 1 heterocycles. The zero-order valence-electron chi connectivity index (χ0n) is 16.7. The number of aliphatic hydroxyl groups excluding tert-OH is 2. The van der Waals surface area contributed by atoms with Crippen LogP contribution in [0.5, 0.6) is 5.75 Å². The van der Waals surface area contributed by atoms with Crippen LogP contribution in [0.3, 0.4) is 0 Å². The van der Waals surface area contributed by atoms with Crippen LogP contribution in [0.2, 0.25) is 0 Å². The fourth-order valence-electron chi connectivity index (χ4n) is 2.90. The van der Waals surface area contributed by atoms with Gasteiger partial charge >= 0.3 is 0 Å². The highest BCUT2D eigenvalue weighted by Gasteiger charge is 2.24. The summed E-state index contributed by atoms with van der Waals surface area (Å²) >= 11 is 0. The normalized spacial score (nSPS) is 12.7. The van der Waals surface area contributed by atoms with E-state index in [9.17, 15) is 25.1 Å². The minimum absolute atomic E-state index is 0.0859. The number of non-ortho nitro benzene ring substituents is 1. The highest BCUT2D eigenvalue weighted by Crippen LogP contribution is 2.21. The van der Waals surface area contributed by atoms with Crippen LogP contribution >= 0.6 is 0 Å². The molecule has 1 aromatic heterocycles. The second-order valence-electron chi connectivity index (χ2n) is 6.84. The number of aromatic nitrogens is 2. The number of ether oxygens (including phenoxy) is 1. The molecule has 0 aliphatic carbocycles. The van der Waals surface area contributed by atoms with E-state index in [0.717, 1.165) is 5.56 Å². The van der Waals surface area contributed by atoms with Gasteiger partial charge in [0.05, 0.1) is 17.6 Å². The van der Waals surface area contributed by atoms with Gasteiger partial charge in [0, 0.05) is 18.3 Å². The summed E-state index contributed by atoms with van der Waals surface area (Å²) in [6.07, 6.45) is 0.315. The molecule has 162 valence electrons. The minimum Gasteiger partial charge on any atom is -0.471 e. The van der Waals surface area contributed by atoms with Crippen molar-refractivity contribution in [2.75, 3.05) is 6.61 Å². The van der Waals surface area contributed by atoms with Crippen LogP contribution in [0.4, 0.5) is 5.69 Å². The average molecular weight is 426 g/mol. The Hall–Kier alpha value is -3.76. The van der Waals surface area contributed by atoms with Crippen molar-refractivity contribution in [3.8, 4) is 5.75 Å². The molecule has 0 radical (unpaired) electrons. The van der Waals surface area contributed by atoms with E-state index in [4.69, 9.17) is 4.74 Å². The highest BCUT2D eigenvalue weighted by molar-refractivity contribution is 5.92. The van der Waals surface area contributed by atoms with E-state index in [2.05, 4.69) is 10.4 Å². The summed E-state index contributed by atoms with van der Waals surface area (Å²) < 4.78 is 7.13. The molecule has 0 spiro atoms. The quantitative estimate of drug-likeness (QED) is 0.351. The molecule has 3 rings (SSSR count). The number of hydrogen-bond donors (Lipinski definition) is 3. The number of nitro benzene ring substituents is 1. The largest absolute Gasteiger partial charge is 0.471 e. The summed E-state index contributed by atoms with van der Waals surface area (Å²) in [5.74, 6) is 0.116. The zero-order chi connectivity index (χ0) is 22.4. The average Bonchev–Trinajstić information content (AvgIpc) is 3.25. The van der Waals surface area contributed by atoms with E-state index in [-0.39, 0.29) is 18.1 Å². The monoisotopic (exact) mass is 426 g/mol. The minimum atomic E-state index is -1.26. The fraction of sp³-hybridized carbons (Fsp3) is 0.238. The molecule has 10 nitrogen and oxygen atoms in total. The molecule has 2 unspecified atom stereocenters. The van der Waals surface area contributed by atoms with Crippen molar-refractivity contribution in [2.45, 2.75) is 25.8 Å². The number of carbonyl (C=O) groups excluding carboxylic acids is 1. The standard InChI is InChI=1S/C21H22N4O6/c1-14-4-2-3-5-19(14)31-13-24-11-10-17(23-24)21(28)22-18(12-26)20(27)15-6-8-16(9-7-15)25(29)30/h2-11,18,20,26-27H,12-13H2,1H3,(H,22,28). The first-order chi connectivity index (χ1) is 14.9. The molecule has 3 N–H and O–H groups in total. The zero-order valence-corrected chi connectivity index (χ0v) is 16.7. The van der Waals surface area contributed by atoms with Crippen molar-refractivity contribution in [2.24, 2.45) is 0 Å². The van der Waals surface area contributed by atoms with Crippen LogP contribution in [0.15, 0.2) is 60.8 Å². The number of rotatable bonds is 9. The number of carbonyl (C=O) groups is 1. The van der Waals surface area contributed by atoms with Crippen LogP contribution < -0.4 is 10.1 Å². The highest BCUT2D eigenvalue weighted by atomic mass is 16.6. The summed E-state index contributed by atoms with van der Waals surface area (Å²) in [6, 6.07) is 13.2. The summed E-state index contributed by atoms with van der Waals surface area (Å²) in [5.41, 5.74) is 1.25. The Morgan fingerprint density at radius 1 is 1.23 bits per heavy atom. The molecule has 3 aromatic rings. The molecule has 31 heavy (non-hydrogen) atoms. The maximum atomic E-state index is 12.5. The fourth-order valence-corrected chi connectivity index (χ4v) is 2.90. The molecule has 0 aliphatic rings. The molecule has 10 heteroatoms. The van der Waals surface area contributed by atoms with Crippen molar-refractivity contribution < 1.29 is 24.7 Å². The van der Waals surface area contributed by atoms with Gasteiger partial charge in [-0.05, 0) is 42.3 Å². The van der Waals surface area contributed by atoms with Crippen molar-refractivity contribution in [3.05, 3.63) is 87.7 Å². The van der Waals surface area contributed by atoms with Gasteiger partial charge in [0.1, 0.15) is 17.5 Å². The van der Waals surface area contributed by atoms with Gasteiger partial charge in [-0.3, -0.25) is 14.9 Å². The van der Waals surface area contributed by atoms with Crippen molar-refractivity contribution in [3.63, 3.8) is 0 Å². The third-order valence-corrected chi connectivity index (χ3v) is 4.66. The van der Waals surface area contributed by atoms with Gasteiger partial charge < -0.3 is 20.3 Å². The first-order valence-electron chi connectivity index (χ1n) is 9.45. The van der Waals surface area contributed by atoms with E-state index in [1.54, 1.807) is 6.20 Å². The van der Waals surface area contributed by atoms with E-state index >= 15 is 0 Å². The number of para-hydroxylation sites is 1. The third-order valence-electron chi connectivity index (χ3n) is 4.66. The first kappa shape index (κ1) is 21.9. The first-order valence-corrected chi connectivity index (χ1v) is 9.45. The number of aliphatic hydroxyl groups is 2. The molecule has 0 saturated heterocycles. The molecule has 2 atom stereocenters. The Balaban J connectivity index is 1.61. The van der Waals surface area contributed by atoms with E-state index < -0.39 is 29.6 Å². The predicted molar refractivity (Wildman–Crippen MR) is 110 cm³/mol. The molecule has 0 aliphatic heterocycles. The van der Waals surface area contributed by atoms with Gasteiger partial charge in [-0.1, -0.05) is 18.2 Å². The molecule has 0 saturated carbocycles. The van der Waals surface area contributed by atoms with Gasteiger partial charge in [-0.15, -0.1) is 0 Å². The van der Waals surface area contributed by atoms with E-state index in [1.165, 1.54) is 35.0 Å². The SMILES string of the molecule is Cc1ccccc1OCn1ccc(C(=O)NC(CO)C(O)c2ccc([N+](=O)[O-])cc2)n1. The van der Waals surface area contributed by atoms with Gasteiger partial charge in [-0.2, -0.15) is 5.10 Å². The van der Waals surface area contributed by atoms with Gasteiger partial charge in [0.25, 0.3) is 11.6 Å². The maximum absolute atomic E-state index is 12.5. The predicted octanol–water partition coefficient (Wildman–Crippen LogP) is 1.96. The third kappa shape index (κ3) is 5.44. The second kappa shape index (κ2) is 9.83. The van der Waals surface area contributed by atoms with Crippen molar-refractivity contribution in [1.82, 2.24) is 15.1 Å². The van der Waals surface area contributed by atoms with Gasteiger partial charge in [0.2, 0.25) is 0 Å². The summed E-state index contributed by atoms with van der Waals surface area (Å²) in [6.45, 7) is 1.48. The number of nitrogens with zero attached hydrogens (tertiary/aromatic N) is 3. The van der Waals surface area contributed by atoms with Crippen LogP contribution in [-0.2, 0) is 6.73 Å². The smallest absolute Gasteiger partial charge is 0.272 e. The number of nitrogens with one attached hydrogen (secondary N) is 1. The Bertz CT molecular complexity index is 1050. The van der Waals surface area contributed by atoms with E-state index in [0.29, 0.717) is 11.3 Å². The number of nitro groups is 1. The lowest BCUT2D eigenvalue weighted by molar-refractivity contribution is -0.384. The van der Waals surface area contributed by atoms with Gasteiger partial charge in [0.15, 0.2) is 6.73 Å². The second-order valence-corrected chi connectivity index (χ2v) is 6.84. The molecule has 2 aromatic carbocycles. The summed E-state index contributed by atoms with van der Waals surface area (Å²) in [5, 5.41) is 37.5. The number of aryl methyl sites for hydroxylation is 1. The van der Waals surface area contributed by atoms with Crippen molar-refractivity contribution in [1.29, 1.82) is 0 Å². The van der Waals surface area contributed by atoms with Crippen LogP contribution in [-0.4, -0.2) is 43.5 Å². The summed E-state index contributed by atoms with van der Waals surface area (Å²) in [4.78, 5) is 22.7. The van der Waals surface area contributed by atoms with E-state index in [1.807, 2.05) is 31.2 Å². The van der Waals surface area contributed by atoms with Crippen molar-refractivity contribution >= 4 is 11.6 Å². The Kier molecular flexibility index (Phi) is 6.96. The number of amides is 1. The van der Waals surface area contributed by atoms with Crippen LogP contribution in [0, 0.1) is 17.0 Å². The Morgan fingerprint density at radius 3 is 2.58 bits per heavy atom. The van der Waals surface area contributed by atoms with Crippen LogP contribution in [0.25, 0.3) is 0 Å². The lowest BCUT2D eigenvalue weighted by Gasteiger charge is -2.22. The number of benzene rings is 2. The van der Waals surface area contributed by atoms with Gasteiger partial charge in [-0.25, -0.2) is 4.68 Å². The molecule has 0 fully saturated rings. The van der Waals surface area contributed by atoms with Crippen LogP contribution in [0.1, 0.15) is 27.7 Å². The maximum Gasteiger partial charge on any atom is 0.272 e. The molecular weight excluding hydrogens is 404 g/mol. The molecule has 1 amide bonds. The Morgan fingerprint density at radius 2 is 1.94 bits per heavy atom.